The number of ketones is 3. The minimum absolute atomic E-state index is 0.0320. The topological polar surface area (TPSA) is 51.2 Å². The van der Waals surface area contributed by atoms with Gasteiger partial charge in [0, 0.05) is 30.6 Å². The molecule has 0 heterocycles. The van der Waals surface area contributed by atoms with Crippen LogP contribution in [0.25, 0.3) is 0 Å². The van der Waals surface area contributed by atoms with E-state index in [1.54, 1.807) is 0 Å². The molecule has 0 unspecified atom stereocenters. The molecule has 118 valence electrons. The Bertz CT molecular complexity index is 616. The zero-order valence-corrected chi connectivity index (χ0v) is 13.5. The van der Waals surface area contributed by atoms with Crippen LogP contribution in [0.1, 0.15) is 58.8 Å². The number of fused-ring (bicyclic) bond motifs is 5. The smallest absolute Gasteiger partial charge is 0.155 e. The Labute approximate surface area is 131 Å². The minimum atomic E-state index is -0.402. The van der Waals surface area contributed by atoms with Crippen LogP contribution < -0.4 is 0 Å². The molecule has 4 aliphatic rings. The van der Waals surface area contributed by atoms with Crippen LogP contribution in [0.4, 0.5) is 0 Å². The molecule has 0 amide bonds. The van der Waals surface area contributed by atoms with Crippen LogP contribution in [-0.4, -0.2) is 17.3 Å². The van der Waals surface area contributed by atoms with Crippen LogP contribution >= 0.6 is 0 Å². The van der Waals surface area contributed by atoms with Crippen molar-refractivity contribution in [2.24, 2.45) is 28.6 Å². The van der Waals surface area contributed by atoms with E-state index in [-0.39, 0.29) is 22.9 Å². The number of Topliss-reactive ketones (excluding diaryl/α,β-unsaturated/α-hetero) is 2. The van der Waals surface area contributed by atoms with E-state index in [0.29, 0.717) is 36.9 Å². The fraction of sp³-hybridized carbons (Fsp3) is 0.737. The van der Waals surface area contributed by atoms with Gasteiger partial charge in [-0.25, -0.2) is 0 Å². The average Bonchev–Trinajstić information content (AvgIpc) is 2.75. The molecule has 0 aromatic heterocycles. The molecule has 22 heavy (non-hydrogen) atoms. The molecule has 0 aromatic rings. The lowest BCUT2D eigenvalue weighted by atomic mass is 9.47. The van der Waals surface area contributed by atoms with E-state index in [4.69, 9.17) is 0 Å². The molecule has 4 rings (SSSR count). The van der Waals surface area contributed by atoms with Gasteiger partial charge in [-0.2, -0.15) is 0 Å². The Morgan fingerprint density at radius 1 is 1.00 bits per heavy atom. The first kappa shape index (κ1) is 14.3. The summed E-state index contributed by atoms with van der Waals surface area (Å²) in [6, 6.07) is 0. The monoisotopic (exact) mass is 300 g/mol. The Morgan fingerprint density at radius 2 is 1.77 bits per heavy atom. The summed E-state index contributed by atoms with van der Waals surface area (Å²) < 4.78 is 0. The average molecular weight is 300 g/mol. The second-order valence-corrected chi connectivity index (χ2v) is 8.36. The SMILES string of the molecule is C[C@]12CCC(=O)C=C1CC[C@@H]1[C@@H]2C(=O)C[C@]2(C)C(=O)CC[C@@H]12. The maximum atomic E-state index is 13.0. The molecule has 0 spiro atoms. The molecule has 3 fully saturated rings. The third-order valence-corrected chi connectivity index (χ3v) is 7.36. The van der Waals surface area contributed by atoms with Crippen LogP contribution in [0.5, 0.6) is 0 Å². The highest BCUT2D eigenvalue weighted by atomic mass is 16.1. The van der Waals surface area contributed by atoms with Crippen LogP contribution in [0.15, 0.2) is 11.6 Å². The molecule has 0 aliphatic heterocycles. The molecule has 0 radical (unpaired) electrons. The van der Waals surface area contributed by atoms with Gasteiger partial charge < -0.3 is 0 Å². The number of carbonyl (C=O) groups is 3. The first-order valence-electron chi connectivity index (χ1n) is 8.66. The van der Waals surface area contributed by atoms with Crippen LogP contribution in [0, 0.1) is 28.6 Å². The standard InChI is InChI=1S/C19H24O3/c1-18-8-7-12(20)9-11(18)3-4-13-14-5-6-16(22)19(14,2)10-15(21)17(13)18/h9,13-14,17H,3-8,10H2,1-2H3/t13-,14-,17+,18-,19-/m0/s1. The van der Waals surface area contributed by atoms with Gasteiger partial charge in [0.15, 0.2) is 5.78 Å². The second-order valence-electron chi connectivity index (χ2n) is 8.36. The van der Waals surface area contributed by atoms with Gasteiger partial charge in [0.1, 0.15) is 11.6 Å². The summed E-state index contributed by atoms with van der Waals surface area (Å²) in [5.41, 5.74) is 0.660. The normalized spacial score (nSPS) is 47.6. The third-order valence-electron chi connectivity index (χ3n) is 7.36. The number of allylic oxidation sites excluding steroid dienone is 1. The lowest BCUT2D eigenvalue weighted by molar-refractivity contribution is -0.149. The largest absolute Gasteiger partial charge is 0.299 e. The van der Waals surface area contributed by atoms with Gasteiger partial charge in [-0.05, 0) is 49.0 Å². The van der Waals surface area contributed by atoms with Crippen LogP contribution in [-0.2, 0) is 14.4 Å². The Balaban J connectivity index is 1.77. The predicted molar refractivity (Wildman–Crippen MR) is 82.1 cm³/mol. The summed E-state index contributed by atoms with van der Waals surface area (Å²) in [5.74, 6) is 1.54. The summed E-state index contributed by atoms with van der Waals surface area (Å²) in [7, 11) is 0. The Hall–Kier alpha value is -1.25. The summed E-state index contributed by atoms with van der Waals surface area (Å²) in [6.45, 7) is 4.22. The molecule has 0 N–H and O–H groups in total. The first-order valence-corrected chi connectivity index (χ1v) is 8.66. The lowest BCUT2D eigenvalue weighted by Crippen LogP contribution is -2.55. The molecule has 0 aromatic carbocycles. The zero-order valence-electron chi connectivity index (χ0n) is 13.5. The van der Waals surface area contributed by atoms with Crippen molar-refractivity contribution in [2.75, 3.05) is 0 Å². The lowest BCUT2D eigenvalue weighted by Gasteiger charge is -2.55. The highest BCUT2D eigenvalue weighted by molar-refractivity contribution is 5.96. The molecule has 4 aliphatic carbocycles. The molecule has 0 saturated heterocycles. The zero-order chi connectivity index (χ0) is 15.7. The van der Waals surface area contributed by atoms with Crippen LogP contribution in [0.3, 0.4) is 0 Å². The fourth-order valence-corrected chi connectivity index (χ4v) is 6.16. The fourth-order valence-electron chi connectivity index (χ4n) is 6.16. The predicted octanol–water partition coefficient (Wildman–Crippen LogP) is 3.27. The molecular formula is C19H24O3. The van der Waals surface area contributed by atoms with E-state index in [2.05, 4.69) is 6.92 Å². The van der Waals surface area contributed by atoms with Crippen molar-refractivity contribution in [1.29, 1.82) is 0 Å². The summed E-state index contributed by atoms with van der Waals surface area (Å²) in [5, 5.41) is 0. The highest BCUT2D eigenvalue weighted by Gasteiger charge is 2.62. The van der Waals surface area contributed by atoms with Gasteiger partial charge in [0.2, 0.25) is 0 Å². The number of carbonyl (C=O) groups excluding carboxylic acids is 3. The molecule has 3 nitrogen and oxygen atoms in total. The van der Waals surface area contributed by atoms with Gasteiger partial charge >= 0.3 is 0 Å². The van der Waals surface area contributed by atoms with Crippen LogP contribution in [0.2, 0.25) is 0 Å². The van der Waals surface area contributed by atoms with E-state index in [1.807, 2.05) is 13.0 Å². The first-order chi connectivity index (χ1) is 10.4. The summed E-state index contributed by atoms with van der Waals surface area (Å²) >= 11 is 0. The molecule has 5 atom stereocenters. The van der Waals surface area contributed by atoms with Gasteiger partial charge in [0.05, 0.1) is 0 Å². The van der Waals surface area contributed by atoms with Gasteiger partial charge in [0.25, 0.3) is 0 Å². The summed E-state index contributed by atoms with van der Waals surface area (Å²) in [4.78, 5) is 37.1. The van der Waals surface area contributed by atoms with Gasteiger partial charge in [-0.1, -0.05) is 19.4 Å². The van der Waals surface area contributed by atoms with Crippen molar-refractivity contribution in [3.8, 4) is 0 Å². The Morgan fingerprint density at radius 3 is 2.55 bits per heavy atom. The van der Waals surface area contributed by atoms with Gasteiger partial charge in [-0.3, -0.25) is 14.4 Å². The van der Waals surface area contributed by atoms with E-state index in [9.17, 15) is 14.4 Å². The number of hydrogen-bond acceptors (Lipinski definition) is 3. The summed E-state index contributed by atoms with van der Waals surface area (Å²) in [6.07, 6.45) is 7.12. The van der Waals surface area contributed by atoms with Crippen molar-refractivity contribution >= 4 is 17.3 Å². The second kappa shape index (κ2) is 4.39. The number of rotatable bonds is 0. The molecular weight excluding hydrogens is 276 g/mol. The Kier molecular flexibility index (Phi) is 2.87. The van der Waals surface area contributed by atoms with Gasteiger partial charge in [-0.15, -0.1) is 0 Å². The van der Waals surface area contributed by atoms with E-state index in [1.165, 1.54) is 5.57 Å². The molecule has 3 saturated carbocycles. The third kappa shape index (κ3) is 1.65. The maximum absolute atomic E-state index is 13.0. The molecule has 0 bridgehead atoms. The van der Waals surface area contributed by atoms with E-state index in [0.717, 1.165) is 25.7 Å². The minimum Gasteiger partial charge on any atom is -0.299 e. The van der Waals surface area contributed by atoms with E-state index < -0.39 is 5.41 Å². The maximum Gasteiger partial charge on any atom is 0.155 e. The van der Waals surface area contributed by atoms with Crippen molar-refractivity contribution in [2.45, 2.75) is 58.8 Å². The quantitative estimate of drug-likeness (QED) is 0.690. The van der Waals surface area contributed by atoms with E-state index >= 15 is 0 Å². The van der Waals surface area contributed by atoms with Crippen molar-refractivity contribution in [3.05, 3.63) is 11.6 Å². The van der Waals surface area contributed by atoms with Crippen molar-refractivity contribution in [3.63, 3.8) is 0 Å². The highest BCUT2D eigenvalue weighted by Crippen LogP contribution is 2.63. The number of hydrogen-bond donors (Lipinski definition) is 0. The molecule has 3 heteroatoms. The van der Waals surface area contributed by atoms with Crippen molar-refractivity contribution in [1.82, 2.24) is 0 Å². The van der Waals surface area contributed by atoms with Crippen molar-refractivity contribution < 1.29 is 14.4 Å².